The van der Waals surface area contributed by atoms with E-state index in [9.17, 15) is 32.7 Å². The molecular formula is C42H52N6O10S2. The van der Waals surface area contributed by atoms with Gasteiger partial charge in [0.25, 0.3) is 5.91 Å². The Morgan fingerprint density at radius 1 is 1.13 bits per heavy atom. The number of sulfonamides is 1. The number of allylic oxidation sites excluding steroid dienone is 1. The molecule has 16 nitrogen and oxygen atoms in total. The van der Waals surface area contributed by atoms with Crippen LogP contribution in [0.5, 0.6) is 11.5 Å². The van der Waals surface area contributed by atoms with E-state index >= 15 is 0 Å². The van der Waals surface area contributed by atoms with Crippen LogP contribution in [-0.2, 0) is 29.1 Å². The highest BCUT2D eigenvalue weighted by atomic mass is 32.2. The number of nitrogens with zero attached hydrogens (tertiary/aromatic N) is 3. The van der Waals surface area contributed by atoms with E-state index in [0.717, 1.165) is 5.56 Å². The Morgan fingerprint density at radius 3 is 2.52 bits per heavy atom. The zero-order chi connectivity index (χ0) is 43.0. The van der Waals surface area contributed by atoms with E-state index in [0.29, 0.717) is 53.6 Å². The van der Waals surface area contributed by atoms with Crippen molar-refractivity contribution in [1.82, 2.24) is 30.2 Å². The molecule has 2 saturated carbocycles. The second-order valence-corrected chi connectivity index (χ2v) is 19.7. The van der Waals surface area contributed by atoms with Crippen LogP contribution >= 0.6 is 11.3 Å². The first-order valence-electron chi connectivity index (χ1n) is 20.4. The van der Waals surface area contributed by atoms with Gasteiger partial charge in [-0.3, -0.25) is 19.1 Å². The first-order chi connectivity index (χ1) is 28.5. The molecule has 1 saturated heterocycles. The third-order valence-corrected chi connectivity index (χ3v) is 14.5. The summed E-state index contributed by atoms with van der Waals surface area (Å²) in [6.45, 7) is 8.95. The predicted molar refractivity (Wildman–Crippen MR) is 223 cm³/mol. The lowest BCUT2D eigenvalue weighted by atomic mass is 10.0. The van der Waals surface area contributed by atoms with E-state index in [1.807, 2.05) is 56.5 Å². The molecule has 60 heavy (non-hydrogen) atoms. The Bertz CT molecular complexity index is 2230. The third-order valence-electron chi connectivity index (χ3n) is 11.6. The van der Waals surface area contributed by atoms with Crippen molar-refractivity contribution in [3.8, 4) is 33.5 Å². The van der Waals surface area contributed by atoms with Crippen molar-refractivity contribution in [3.05, 3.63) is 60.1 Å². The maximum absolute atomic E-state index is 14.7. The van der Waals surface area contributed by atoms with Gasteiger partial charge in [-0.15, -0.1) is 11.3 Å². The molecule has 3 aromatic rings. The molecule has 0 unspecified atom stereocenters. The first-order valence-corrected chi connectivity index (χ1v) is 22.7. The molecule has 2 aromatic heterocycles. The molecule has 2 aliphatic carbocycles. The summed E-state index contributed by atoms with van der Waals surface area (Å²) in [5.74, 6) is -1.68. The highest BCUT2D eigenvalue weighted by molar-refractivity contribution is 7.91. The van der Waals surface area contributed by atoms with Gasteiger partial charge < -0.3 is 34.9 Å². The number of carboxylic acid groups (broad SMARTS) is 1. The number of rotatable bonds is 11. The smallest absolute Gasteiger partial charge is 0.405 e. The molecule has 0 radical (unpaired) electrons. The number of carbonyl (C=O) groups excluding carboxylic acids is 3. The molecule has 4 N–H and O–H groups in total. The van der Waals surface area contributed by atoms with Crippen LogP contribution in [0.1, 0.15) is 79.6 Å². The van der Waals surface area contributed by atoms with Crippen LogP contribution in [0.3, 0.4) is 0 Å². The molecular weight excluding hydrogens is 813 g/mol. The van der Waals surface area contributed by atoms with E-state index in [1.54, 1.807) is 38.3 Å². The molecule has 322 valence electrons. The van der Waals surface area contributed by atoms with Crippen LogP contribution in [0.25, 0.3) is 22.0 Å². The third kappa shape index (κ3) is 9.29. The van der Waals surface area contributed by atoms with Gasteiger partial charge in [-0.1, -0.05) is 19.1 Å². The summed E-state index contributed by atoms with van der Waals surface area (Å²) < 4.78 is 46.3. The van der Waals surface area contributed by atoms with E-state index in [4.69, 9.17) is 19.2 Å². The number of pyridine rings is 1. The number of fused-ring (bicyclic) bond motifs is 2. The minimum Gasteiger partial charge on any atom is -0.491 e. The summed E-state index contributed by atoms with van der Waals surface area (Å²) in [6.07, 6.45) is 4.09. The fraction of sp³-hybridized carbons (Fsp3) is 0.524. The summed E-state index contributed by atoms with van der Waals surface area (Å²) in [5.41, 5.74) is 0.305. The lowest BCUT2D eigenvalue weighted by Gasteiger charge is -2.33. The van der Waals surface area contributed by atoms with Crippen molar-refractivity contribution >= 4 is 45.2 Å². The summed E-state index contributed by atoms with van der Waals surface area (Å²) in [7, 11) is -4.04. The average molecular weight is 865 g/mol. The van der Waals surface area contributed by atoms with Gasteiger partial charge in [-0.05, 0) is 90.5 Å². The topological polar surface area (TPSA) is 215 Å². The van der Waals surface area contributed by atoms with Gasteiger partial charge in [0.05, 0.1) is 35.3 Å². The molecule has 2 aliphatic heterocycles. The zero-order valence-corrected chi connectivity index (χ0v) is 35.9. The summed E-state index contributed by atoms with van der Waals surface area (Å²) >= 11 is 1.40. The van der Waals surface area contributed by atoms with Crippen molar-refractivity contribution in [2.24, 2.45) is 5.92 Å². The van der Waals surface area contributed by atoms with Gasteiger partial charge in [0.2, 0.25) is 21.8 Å². The zero-order valence-electron chi connectivity index (χ0n) is 34.3. The monoisotopic (exact) mass is 864 g/mol. The van der Waals surface area contributed by atoms with Crippen molar-refractivity contribution in [3.63, 3.8) is 0 Å². The summed E-state index contributed by atoms with van der Waals surface area (Å²) in [5, 5.41) is 17.6. The number of amides is 4. The second kappa shape index (κ2) is 17.1. The Kier molecular flexibility index (Phi) is 12.3. The minimum atomic E-state index is -4.04. The van der Waals surface area contributed by atoms with Crippen LogP contribution in [0.2, 0.25) is 0 Å². The Labute approximate surface area is 353 Å². The molecule has 3 fully saturated rings. The van der Waals surface area contributed by atoms with Crippen LogP contribution in [-0.4, -0.2) is 106 Å². The summed E-state index contributed by atoms with van der Waals surface area (Å²) in [4.78, 5) is 65.9. The van der Waals surface area contributed by atoms with E-state index in [2.05, 4.69) is 20.3 Å². The number of carbonyl (C=O) groups is 4. The van der Waals surface area contributed by atoms with E-state index in [-0.39, 0.29) is 38.0 Å². The Balaban J connectivity index is 1.23. The van der Waals surface area contributed by atoms with E-state index in [1.165, 1.54) is 16.2 Å². The Morgan fingerprint density at radius 2 is 1.87 bits per heavy atom. The van der Waals surface area contributed by atoms with Crippen molar-refractivity contribution < 1.29 is 46.9 Å². The van der Waals surface area contributed by atoms with Gasteiger partial charge in [-0.25, -0.2) is 23.2 Å². The van der Waals surface area contributed by atoms with Gasteiger partial charge in [0.15, 0.2) is 0 Å². The highest BCUT2D eigenvalue weighted by Crippen LogP contribution is 2.47. The normalized spacial score (nSPS) is 27.7. The first kappa shape index (κ1) is 43.0. The van der Waals surface area contributed by atoms with Crippen molar-refractivity contribution in [2.45, 2.75) is 126 Å². The molecule has 0 bridgehead atoms. The van der Waals surface area contributed by atoms with Crippen molar-refractivity contribution in [2.75, 3.05) is 6.54 Å². The van der Waals surface area contributed by atoms with Crippen LogP contribution in [0.15, 0.2) is 60.1 Å². The van der Waals surface area contributed by atoms with Crippen LogP contribution < -0.4 is 24.8 Å². The standard InChI is InChI=1S/C42H52N6O10S2/c1-6-34-35(45-40(52)53)38(50)48-23-30(58-29-19-31(44-32(20-29)37-43-17-18-59-37)26-11-13-28(14-12-26)56-24(2)3)21-33(48)36(49)46-42(22-27(42)10-8-7-9-25(4)57-34)39(51)47-60(54,55)41(5)15-16-41/h8,10-14,17-20,24-25,27,30,33-35,45H,6-7,9,15-16,21-23H2,1-5H3,(H,46,49)(H,47,51)(H,52,53)/t25-,27-,30-,33+,34+,35+,42-/m1/s1. The van der Waals surface area contributed by atoms with Gasteiger partial charge >= 0.3 is 6.09 Å². The molecule has 4 heterocycles. The maximum atomic E-state index is 14.7. The largest absolute Gasteiger partial charge is 0.491 e. The average Bonchev–Trinajstić information content (AvgIpc) is 3.95. The molecule has 4 amide bonds. The fourth-order valence-corrected chi connectivity index (χ4v) is 9.69. The highest BCUT2D eigenvalue weighted by Gasteiger charge is 2.63. The molecule has 7 rings (SSSR count). The number of ether oxygens (including phenoxy) is 3. The SMILES string of the molecule is CC[C@@H]1O[C@H](C)CCC=C[C@@H]2C[C@@]2(C(=O)NS(=O)(=O)C2(C)CC2)NC(=O)[C@@H]2C[C@@H](Oc3cc(-c4ccc(OC(C)C)cc4)nc(-c4nccs4)c3)CN2C(=O)[C@H]1NC(=O)O. The maximum Gasteiger partial charge on any atom is 0.405 e. The molecule has 4 aliphatic rings. The lowest BCUT2D eigenvalue weighted by Crippen LogP contribution is -2.60. The minimum absolute atomic E-state index is 0.00627. The van der Waals surface area contributed by atoms with Gasteiger partial charge in [0.1, 0.15) is 45.9 Å². The lowest BCUT2D eigenvalue weighted by molar-refractivity contribution is -0.145. The van der Waals surface area contributed by atoms with Crippen LogP contribution in [0.4, 0.5) is 4.79 Å². The quantitative estimate of drug-likeness (QED) is 0.186. The molecule has 1 aromatic carbocycles. The molecule has 0 spiro atoms. The molecule has 18 heteroatoms. The van der Waals surface area contributed by atoms with Gasteiger partial charge in [-0.2, -0.15) is 0 Å². The molecule has 7 atom stereocenters. The van der Waals surface area contributed by atoms with E-state index < -0.39 is 74.3 Å². The van der Waals surface area contributed by atoms with Gasteiger partial charge in [0, 0.05) is 41.6 Å². The number of hydrogen-bond acceptors (Lipinski definition) is 12. The van der Waals surface area contributed by atoms with Crippen LogP contribution in [0, 0.1) is 5.92 Å². The number of nitrogens with one attached hydrogen (secondary N) is 3. The number of thiazole rings is 1. The fourth-order valence-electron chi connectivity index (χ4n) is 7.78. The number of aromatic nitrogens is 2. The Hall–Kier alpha value is -5.07. The second-order valence-electron chi connectivity index (χ2n) is 16.6. The predicted octanol–water partition coefficient (Wildman–Crippen LogP) is 5.05. The number of benzene rings is 1. The van der Waals surface area contributed by atoms with Crippen molar-refractivity contribution in [1.29, 1.82) is 0 Å². The number of hydrogen-bond donors (Lipinski definition) is 4. The summed E-state index contributed by atoms with van der Waals surface area (Å²) in [6, 6.07) is 8.34.